The molecule has 0 spiro atoms. The summed E-state index contributed by atoms with van der Waals surface area (Å²) in [7, 11) is 0. The molecule has 5 nitrogen and oxygen atoms in total. The summed E-state index contributed by atoms with van der Waals surface area (Å²) in [6.45, 7) is 0.656. The van der Waals surface area contributed by atoms with Crippen LogP contribution in [-0.4, -0.2) is 21.7 Å². The van der Waals surface area contributed by atoms with Gasteiger partial charge in [-0.1, -0.05) is 46.9 Å². The molecule has 0 saturated carbocycles. The van der Waals surface area contributed by atoms with E-state index in [4.69, 9.17) is 34.8 Å². The highest BCUT2D eigenvalue weighted by Crippen LogP contribution is 2.27. The van der Waals surface area contributed by atoms with Gasteiger partial charge in [-0.05, 0) is 42.3 Å². The van der Waals surface area contributed by atoms with Crippen molar-refractivity contribution in [3.05, 3.63) is 69.3 Å². The monoisotopic (exact) mass is 393 g/mol. The number of rotatable bonds is 6. The first-order valence-electron chi connectivity index (χ1n) is 7.50. The molecule has 0 unspecified atom stereocenters. The van der Waals surface area contributed by atoms with Crippen LogP contribution in [0.1, 0.15) is 5.56 Å². The number of anilines is 3. The Morgan fingerprint density at radius 3 is 2.64 bits per heavy atom. The van der Waals surface area contributed by atoms with Gasteiger partial charge in [-0.15, -0.1) is 5.10 Å². The molecule has 128 valence electrons. The van der Waals surface area contributed by atoms with E-state index >= 15 is 0 Å². The standard InChI is InChI=1S/C17H14Cl3N5/c18-12-3-1-2-11(8-12)6-7-21-17-24-16(10-22-25-17)23-15-9-13(19)4-5-14(15)20/h1-5,8-10H,6-7H2,(H2,21,23,24,25). The van der Waals surface area contributed by atoms with Gasteiger partial charge in [0.25, 0.3) is 0 Å². The molecule has 3 rings (SSSR count). The maximum atomic E-state index is 6.14. The predicted octanol–water partition coefficient (Wildman–Crippen LogP) is 5.23. The van der Waals surface area contributed by atoms with Crippen LogP contribution in [0.4, 0.5) is 17.5 Å². The van der Waals surface area contributed by atoms with Crippen molar-refractivity contribution in [2.45, 2.75) is 6.42 Å². The zero-order chi connectivity index (χ0) is 17.6. The molecule has 8 heteroatoms. The molecule has 0 bridgehead atoms. The van der Waals surface area contributed by atoms with Crippen molar-refractivity contribution >= 4 is 52.3 Å². The summed E-state index contributed by atoms with van der Waals surface area (Å²) in [5, 5.41) is 16.0. The highest BCUT2D eigenvalue weighted by Gasteiger charge is 2.05. The molecule has 0 amide bonds. The highest BCUT2D eigenvalue weighted by molar-refractivity contribution is 6.35. The Morgan fingerprint density at radius 1 is 0.960 bits per heavy atom. The van der Waals surface area contributed by atoms with E-state index in [1.165, 1.54) is 6.20 Å². The molecule has 0 aliphatic carbocycles. The second kappa shape index (κ2) is 8.34. The summed E-state index contributed by atoms with van der Waals surface area (Å²) < 4.78 is 0. The minimum absolute atomic E-state index is 0.421. The highest BCUT2D eigenvalue weighted by atomic mass is 35.5. The molecule has 0 radical (unpaired) electrons. The van der Waals surface area contributed by atoms with Gasteiger partial charge in [0.1, 0.15) is 0 Å². The smallest absolute Gasteiger partial charge is 0.244 e. The zero-order valence-electron chi connectivity index (χ0n) is 13.0. The van der Waals surface area contributed by atoms with Gasteiger partial charge in [-0.2, -0.15) is 10.1 Å². The molecule has 1 heterocycles. The number of hydrogen-bond donors (Lipinski definition) is 2. The van der Waals surface area contributed by atoms with E-state index in [1.807, 2.05) is 24.3 Å². The van der Waals surface area contributed by atoms with Gasteiger partial charge in [0.2, 0.25) is 5.95 Å². The Kier molecular flexibility index (Phi) is 5.91. The zero-order valence-corrected chi connectivity index (χ0v) is 15.3. The molecule has 0 aliphatic heterocycles. The van der Waals surface area contributed by atoms with Gasteiger partial charge in [0.05, 0.1) is 16.9 Å². The average molecular weight is 395 g/mol. The van der Waals surface area contributed by atoms with Gasteiger partial charge >= 0.3 is 0 Å². The quantitative estimate of drug-likeness (QED) is 0.599. The Balaban J connectivity index is 1.62. The summed E-state index contributed by atoms with van der Waals surface area (Å²) in [4.78, 5) is 4.36. The largest absolute Gasteiger partial charge is 0.353 e. The minimum Gasteiger partial charge on any atom is -0.353 e. The Morgan fingerprint density at radius 2 is 1.80 bits per heavy atom. The van der Waals surface area contributed by atoms with Crippen molar-refractivity contribution in [3.63, 3.8) is 0 Å². The first-order valence-corrected chi connectivity index (χ1v) is 8.64. The van der Waals surface area contributed by atoms with Gasteiger partial charge in [-0.3, -0.25) is 0 Å². The lowest BCUT2D eigenvalue weighted by Gasteiger charge is -2.09. The molecule has 2 N–H and O–H groups in total. The number of halogens is 3. The molecule has 0 aliphatic rings. The summed E-state index contributed by atoms with van der Waals surface area (Å²) in [6, 6.07) is 12.9. The molecule has 3 aromatic rings. The summed E-state index contributed by atoms with van der Waals surface area (Å²) >= 11 is 18.1. The fourth-order valence-corrected chi connectivity index (χ4v) is 2.73. The first kappa shape index (κ1) is 17.7. The maximum Gasteiger partial charge on any atom is 0.244 e. The molecule has 0 saturated heterocycles. The van der Waals surface area contributed by atoms with Crippen LogP contribution in [-0.2, 0) is 6.42 Å². The molecule has 2 aromatic carbocycles. The van der Waals surface area contributed by atoms with Crippen LogP contribution < -0.4 is 10.6 Å². The second-order valence-corrected chi connectivity index (χ2v) is 6.50. The molecule has 0 atom stereocenters. The van der Waals surface area contributed by atoms with E-state index in [9.17, 15) is 0 Å². The van der Waals surface area contributed by atoms with Crippen LogP contribution >= 0.6 is 34.8 Å². The number of nitrogens with zero attached hydrogens (tertiary/aromatic N) is 3. The van der Waals surface area contributed by atoms with Crippen LogP contribution in [0.3, 0.4) is 0 Å². The number of hydrogen-bond acceptors (Lipinski definition) is 5. The Hall–Kier alpha value is -2.08. The van der Waals surface area contributed by atoms with Crippen LogP contribution in [0.25, 0.3) is 0 Å². The Labute approximate surface area is 160 Å². The molecule has 1 aromatic heterocycles. The summed E-state index contributed by atoms with van der Waals surface area (Å²) in [6.07, 6.45) is 2.31. The van der Waals surface area contributed by atoms with E-state index in [0.29, 0.717) is 34.0 Å². The van der Waals surface area contributed by atoms with Crippen LogP contribution in [0.2, 0.25) is 15.1 Å². The van der Waals surface area contributed by atoms with Crippen molar-refractivity contribution in [3.8, 4) is 0 Å². The van der Waals surface area contributed by atoms with Crippen molar-refractivity contribution < 1.29 is 0 Å². The molecule has 0 fully saturated rings. The van der Waals surface area contributed by atoms with Crippen LogP contribution in [0.15, 0.2) is 48.7 Å². The van der Waals surface area contributed by atoms with Crippen LogP contribution in [0.5, 0.6) is 0 Å². The topological polar surface area (TPSA) is 62.7 Å². The second-order valence-electron chi connectivity index (χ2n) is 5.22. The van der Waals surface area contributed by atoms with Crippen LogP contribution in [0, 0.1) is 0 Å². The van der Waals surface area contributed by atoms with E-state index in [2.05, 4.69) is 25.8 Å². The van der Waals surface area contributed by atoms with E-state index in [-0.39, 0.29) is 0 Å². The summed E-state index contributed by atoms with van der Waals surface area (Å²) in [5.41, 5.74) is 1.78. The van der Waals surface area contributed by atoms with Gasteiger partial charge in [-0.25, -0.2) is 0 Å². The fraction of sp³-hybridized carbons (Fsp3) is 0.118. The van der Waals surface area contributed by atoms with Gasteiger partial charge < -0.3 is 10.6 Å². The fourth-order valence-electron chi connectivity index (χ4n) is 2.18. The average Bonchev–Trinajstić information content (AvgIpc) is 2.59. The normalized spacial score (nSPS) is 10.5. The maximum absolute atomic E-state index is 6.14. The van der Waals surface area contributed by atoms with E-state index in [1.54, 1.807) is 18.2 Å². The van der Waals surface area contributed by atoms with Crippen molar-refractivity contribution in [1.29, 1.82) is 0 Å². The SMILES string of the molecule is Clc1cccc(CCNc2nncc(Nc3cc(Cl)ccc3Cl)n2)c1. The number of benzene rings is 2. The van der Waals surface area contributed by atoms with E-state index < -0.39 is 0 Å². The molecular formula is C17H14Cl3N5. The van der Waals surface area contributed by atoms with E-state index in [0.717, 1.165) is 17.0 Å². The first-order chi connectivity index (χ1) is 12.1. The Bertz CT molecular complexity index is 872. The third kappa shape index (κ3) is 5.19. The van der Waals surface area contributed by atoms with Crippen molar-refractivity contribution in [2.24, 2.45) is 0 Å². The molecular weight excluding hydrogens is 381 g/mol. The van der Waals surface area contributed by atoms with Gasteiger partial charge in [0, 0.05) is 16.6 Å². The van der Waals surface area contributed by atoms with Gasteiger partial charge in [0.15, 0.2) is 5.82 Å². The summed E-state index contributed by atoms with van der Waals surface area (Å²) in [5.74, 6) is 0.939. The van der Waals surface area contributed by atoms with Crippen molar-refractivity contribution in [1.82, 2.24) is 15.2 Å². The predicted molar refractivity (Wildman–Crippen MR) is 103 cm³/mol. The van der Waals surface area contributed by atoms with Crippen molar-refractivity contribution in [2.75, 3.05) is 17.2 Å². The molecule has 25 heavy (non-hydrogen) atoms. The minimum atomic E-state index is 0.421. The number of aromatic nitrogens is 3. The lowest BCUT2D eigenvalue weighted by Crippen LogP contribution is -2.09. The third-order valence-electron chi connectivity index (χ3n) is 3.34. The third-order valence-corrected chi connectivity index (χ3v) is 4.14. The lowest BCUT2D eigenvalue weighted by molar-refractivity contribution is 0.929. The lowest BCUT2D eigenvalue weighted by atomic mass is 10.1. The number of nitrogens with one attached hydrogen (secondary N) is 2.